The topological polar surface area (TPSA) is 231 Å². The summed E-state index contributed by atoms with van der Waals surface area (Å²) in [6.07, 6.45) is 58.1. The van der Waals surface area contributed by atoms with Crippen LogP contribution >= 0.6 is 15.6 Å². The van der Waals surface area contributed by atoms with Gasteiger partial charge in [0.2, 0.25) is 0 Å². The first-order chi connectivity index (χ1) is 39.2. The first kappa shape index (κ1) is 77.7. The predicted octanol–water partition coefficient (Wildman–Crippen LogP) is 16.2. The van der Waals surface area contributed by atoms with Gasteiger partial charge in [0.1, 0.15) is 25.4 Å². The van der Waals surface area contributed by atoms with Crippen molar-refractivity contribution in [3.63, 3.8) is 0 Å². The molecule has 0 heterocycles. The van der Waals surface area contributed by atoms with Crippen molar-refractivity contribution in [1.29, 1.82) is 0 Å². The fourth-order valence-electron chi connectivity index (χ4n) is 7.87. The van der Waals surface area contributed by atoms with Crippen LogP contribution in [0.25, 0.3) is 0 Å². The van der Waals surface area contributed by atoms with Crippen LogP contribution in [0.2, 0.25) is 0 Å². The Morgan fingerprint density at radius 2 is 0.691 bits per heavy atom. The Bertz CT molecular complexity index is 1830. The minimum Gasteiger partial charge on any atom is -0.463 e. The minimum absolute atomic E-state index is 0.0599. The summed E-state index contributed by atoms with van der Waals surface area (Å²) >= 11 is 0. The monoisotopic (exact) mass is 1180 g/mol. The zero-order valence-corrected chi connectivity index (χ0v) is 52.0. The Morgan fingerprint density at radius 1 is 0.358 bits per heavy atom. The highest BCUT2D eigenvalue weighted by molar-refractivity contribution is 7.47. The summed E-state index contributed by atoms with van der Waals surface area (Å²) in [6.45, 7) is 2.40. The molecule has 0 aromatic rings. The number of phosphoric acid groups is 2. The number of aliphatic hydroxyl groups excluding tert-OH is 2. The highest BCUT2D eigenvalue weighted by Gasteiger charge is 2.29. The van der Waals surface area contributed by atoms with E-state index in [9.17, 15) is 43.5 Å². The average Bonchev–Trinajstić information content (AvgIpc) is 3.44. The van der Waals surface area contributed by atoms with Gasteiger partial charge in [-0.1, -0.05) is 228 Å². The van der Waals surface area contributed by atoms with Gasteiger partial charge in [-0.2, -0.15) is 0 Å². The Hall–Kier alpha value is -3.27. The summed E-state index contributed by atoms with van der Waals surface area (Å²) < 4.78 is 60.5. The van der Waals surface area contributed by atoms with Crippen molar-refractivity contribution < 1.29 is 75.8 Å². The van der Waals surface area contributed by atoms with Gasteiger partial charge in [-0.05, 0) is 77.0 Å². The van der Waals surface area contributed by atoms with Gasteiger partial charge in [0.15, 0.2) is 6.10 Å². The van der Waals surface area contributed by atoms with Crippen LogP contribution in [-0.2, 0) is 55.8 Å². The molecule has 0 saturated heterocycles. The maximum atomic E-state index is 12.8. The number of esters is 3. The number of unbranched alkanes of at least 4 members (excludes halogenated alkanes) is 21. The van der Waals surface area contributed by atoms with Crippen LogP contribution in [0.5, 0.6) is 0 Å². The molecular formula is C63H110O16P2. The molecule has 81 heavy (non-hydrogen) atoms. The molecule has 0 aromatic heterocycles. The number of hydrogen-bond donors (Lipinski definition) is 4. The fourth-order valence-corrected chi connectivity index (χ4v) is 9.46. The number of ether oxygens (including phenoxy) is 3. The third-order valence-corrected chi connectivity index (χ3v) is 14.5. The van der Waals surface area contributed by atoms with Crippen LogP contribution < -0.4 is 0 Å². The molecule has 0 bridgehead atoms. The van der Waals surface area contributed by atoms with Crippen LogP contribution in [0.4, 0.5) is 0 Å². The van der Waals surface area contributed by atoms with Crippen LogP contribution in [0, 0.1) is 0 Å². The number of hydrogen-bond acceptors (Lipinski definition) is 14. The third-order valence-electron chi connectivity index (χ3n) is 12.6. The van der Waals surface area contributed by atoms with Crippen molar-refractivity contribution in [2.75, 3.05) is 39.6 Å². The van der Waals surface area contributed by atoms with E-state index in [2.05, 4.69) is 87.6 Å². The number of carbonyl (C=O) groups excluding carboxylic acids is 3. The summed E-state index contributed by atoms with van der Waals surface area (Å²) in [6, 6.07) is 0. The van der Waals surface area contributed by atoms with E-state index in [1.165, 1.54) is 83.5 Å². The number of allylic oxidation sites excluding steroid dienone is 14. The molecule has 0 fully saturated rings. The molecule has 0 rings (SSSR count). The normalized spacial score (nSPS) is 15.0. The Labute approximate surface area is 489 Å². The molecule has 5 atom stereocenters. The van der Waals surface area contributed by atoms with Gasteiger partial charge in [-0.25, -0.2) is 9.13 Å². The molecule has 0 aliphatic heterocycles. The van der Waals surface area contributed by atoms with E-state index in [-0.39, 0.29) is 19.3 Å². The lowest BCUT2D eigenvalue weighted by atomic mass is 10.0. The maximum absolute atomic E-state index is 12.8. The zero-order valence-electron chi connectivity index (χ0n) is 50.2. The second-order valence-corrected chi connectivity index (χ2v) is 23.4. The van der Waals surface area contributed by atoms with Crippen molar-refractivity contribution in [3.05, 3.63) is 85.1 Å². The number of aliphatic hydroxyl groups is 2. The summed E-state index contributed by atoms with van der Waals surface area (Å²) in [5, 5.41) is 20.4. The largest absolute Gasteiger partial charge is 0.472 e. The van der Waals surface area contributed by atoms with Gasteiger partial charge in [-0.3, -0.25) is 32.5 Å². The molecule has 4 N–H and O–H groups in total. The van der Waals surface area contributed by atoms with Crippen molar-refractivity contribution in [1.82, 2.24) is 0 Å². The summed E-state index contributed by atoms with van der Waals surface area (Å²) in [4.78, 5) is 58.0. The molecule has 0 aromatic carbocycles. The van der Waals surface area contributed by atoms with Crippen molar-refractivity contribution in [3.8, 4) is 0 Å². The summed E-state index contributed by atoms with van der Waals surface area (Å²) in [5.41, 5.74) is 0. The molecule has 0 amide bonds. The van der Waals surface area contributed by atoms with E-state index in [0.717, 1.165) is 89.9 Å². The van der Waals surface area contributed by atoms with Crippen molar-refractivity contribution in [2.45, 2.75) is 257 Å². The zero-order chi connectivity index (χ0) is 59.6. The molecular weight excluding hydrogens is 1070 g/mol. The smallest absolute Gasteiger partial charge is 0.463 e. The second-order valence-electron chi connectivity index (χ2n) is 20.5. The van der Waals surface area contributed by atoms with Crippen LogP contribution in [0.1, 0.15) is 239 Å². The quantitative estimate of drug-likeness (QED) is 0.0146. The predicted molar refractivity (Wildman–Crippen MR) is 325 cm³/mol. The molecule has 0 radical (unpaired) electrons. The van der Waals surface area contributed by atoms with Gasteiger partial charge >= 0.3 is 33.6 Å². The number of carbonyl (C=O) groups is 3. The molecule has 0 aliphatic rings. The Morgan fingerprint density at radius 3 is 1.15 bits per heavy atom. The lowest BCUT2D eigenvalue weighted by Gasteiger charge is -2.21. The highest BCUT2D eigenvalue weighted by Crippen LogP contribution is 2.45. The van der Waals surface area contributed by atoms with E-state index < -0.39 is 91.5 Å². The molecule has 5 unspecified atom stereocenters. The summed E-state index contributed by atoms with van der Waals surface area (Å²) in [7, 11) is -9.78. The van der Waals surface area contributed by atoms with Crippen LogP contribution in [0.15, 0.2) is 85.1 Å². The van der Waals surface area contributed by atoms with Gasteiger partial charge in [0.25, 0.3) is 0 Å². The molecule has 0 saturated carbocycles. The molecule has 16 nitrogen and oxygen atoms in total. The van der Waals surface area contributed by atoms with Gasteiger partial charge in [0, 0.05) is 19.3 Å². The van der Waals surface area contributed by atoms with E-state index in [0.29, 0.717) is 25.7 Å². The van der Waals surface area contributed by atoms with Crippen molar-refractivity contribution in [2.24, 2.45) is 0 Å². The third kappa shape index (κ3) is 58.3. The minimum atomic E-state index is -4.92. The Kier molecular flexibility index (Phi) is 54.9. The second kappa shape index (κ2) is 57.2. The highest BCUT2D eigenvalue weighted by atomic mass is 31.2. The molecule has 18 heteroatoms. The van der Waals surface area contributed by atoms with Crippen LogP contribution in [-0.4, -0.2) is 95.9 Å². The average molecular weight is 1190 g/mol. The number of rotatable bonds is 58. The number of phosphoric ester groups is 2. The van der Waals surface area contributed by atoms with E-state index in [1.54, 1.807) is 0 Å². The molecule has 468 valence electrons. The fraction of sp³-hybridized carbons (Fsp3) is 0.730. The first-order valence-corrected chi connectivity index (χ1v) is 33.9. The lowest BCUT2D eigenvalue weighted by Crippen LogP contribution is -2.30. The standard InChI is InChI=1S/C63H110O16P2/c1-4-7-10-13-16-19-22-24-26-27-28-29-31-33-35-37-40-43-46-49-61(66)73-52-58(64)53-75-80(69,70)76-54-59(65)55-77-81(71,72)78-57-60(79-63(68)51-48-45-42-39-34-21-18-15-12-9-6-3)56-74-62(67)50-47-44-41-38-36-32-30-25-23-20-17-14-11-8-5-2/h7,10,15-16,18-19,24,26,28-29,33,35,40,43,58-60,64-65H,4-6,8-9,11-14,17,20-23,25,27,30-32,34,36-39,41-42,44-57H2,1-3H3,(H,69,70)(H,71,72)/b10-7-,18-15-,19-16-,26-24-,29-28-,35-33-,43-40-. The Balaban J connectivity index is 4.67. The SMILES string of the molecule is CC/C=C\C/C=C\C/C=C\C/C=C\C/C=C\C/C=C\CCC(=O)OCC(O)COP(=O)(O)OCC(O)COP(=O)(O)OCC(COC(=O)CCCCCCCCCCCCCCCCC)OC(=O)CCCCCCC/C=C\CCCC. The lowest BCUT2D eigenvalue weighted by molar-refractivity contribution is -0.161. The molecule has 0 spiro atoms. The van der Waals surface area contributed by atoms with Gasteiger partial charge in [-0.15, -0.1) is 0 Å². The van der Waals surface area contributed by atoms with Gasteiger partial charge in [0.05, 0.1) is 26.4 Å². The van der Waals surface area contributed by atoms with Crippen LogP contribution in [0.3, 0.4) is 0 Å². The van der Waals surface area contributed by atoms with Crippen molar-refractivity contribution >= 4 is 33.6 Å². The van der Waals surface area contributed by atoms with E-state index >= 15 is 0 Å². The molecule has 0 aliphatic carbocycles. The van der Waals surface area contributed by atoms with E-state index in [4.69, 9.17) is 32.3 Å². The summed E-state index contributed by atoms with van der Waals surface area (Å²) in [5.74, 6) is -1.66. The van der Waals surface area contributed by atoms with E-state index in [1.807, 2.05) is 18.2 Å². The van der Waals surface area contributed by atoms with Gasteiger partial charge < -0.3 is 34.2 Å². The maximum Gasteiger partial charge on any atom is 0.472 e. The first-order valence-electron chi connectivity index (χ1n) is 30.9.